The van der Waals surface area contributed by atoms with Crippen LogP contribution in [0.4, 0.5) is 4.39 Å². The third-order valence-corrected chi connectivity index (χ3v) is 3.73. The van der Waals surface area contributed by atoms with E-state index >= 15 is 0 Å². The average Bonchev–Trinajstić information content (AvgIpc) is 2.37. The topological polar surface area (TPSA) is 52.1 Å². The summed E-state index contributed by atoms with van der Waals surface area (Å²) in [4.78, 5) is 19.3. The molecule has 0 atom stereocenters. The lowest BCUT2D eigenvalue weighted by atomic mass is 10.1. The Balaban J connectivity index is 2.72. The Kier molecular flexibility index (Phi) is 4.01. The van der Waals surface area contributed by atoms with Crippen molar-refractivity contribution in [1.29, 1.82) is 0 Å². The SMILES string of the molecule is CCOC(=O)c1nc(Cl)c2cc(C)c(Br)c(F)c2n1. The highest BCUT2D eigenvalue weighted by Crippen LogP contribution is 2.30. The van der Waals surface area contributed by atoms with Crippen LogP contribution in [0.2, 0.25) is 5.15 Å². The number of halogens is 3. The third kappa shape index (κ3) is 2.55. The number of benzene rings is 1. The Morgan fingerprint density at radius 2 is 2.21 bits per heavy atom. The fraction of sp³-hybridized carbons (Fsp3) is 0.250. The number of aryl methyl sites for hydroxylation is 1. The minimum absolute atomic E-state index is 0.0134. The predicted octanol–water partition coefficient (Wildman–Crippen LogP) is 3.67. The van der Waals surface area contributed by atoms with E-state index in [2.05, 4.69) is 25.9 Å². The molecule has 0 bridgehead atoms. The molecule has 2 rings (SSSR count). The number of fused-ring (bicyclic) bond motifs is 1. The summed E-state index contributed by atoms with van der Waals surface area (Å²) in [6.07, 6.45) is 0. The zero-order valence-corrected chi connectivity index (χ0v) is 12.5. The molecule has 1 heterocycles. The molecule has 0 amide bonds. The maximum atomic E-state index is 14.1. The van der Waals surface area contributed by atoms with E-state index in [1.807, 2.05) is 0 Å². The van der Waals surface area contributed by atoms with E-state index in [1.54, 1.807) is 19.9 Å². The first kappa shape index (κ1) is 14.1. The summed E-state index contributed by atoms with van der Waals surface area (Å²) >= 11 is 9.08. The van der Waals surface area contributed by atoms with Crippen LogP contribution in [0.15, 0.2) is 10.5 Å². The van der Waals surface area contributed by atoms with Crippen molar-refractivity contribution in [3.63, 3.8) is 0 Å². The lowest BCUT2D eigenvalue weighted by Gasteiger charge is -2.07. The number of rotatable bonds is 2. The van der Waals surface area contributed by atoms with Crippen LogP contribution >= 0.6 is 27.5 Å². The first-order chi connectivity index (χ1) is 8.95. The highest BCUT2D eigenvalue weighted by atomic mass is 79.9. The summed E-state index contributed by atoms with van der Waals surface area (Å²) in [5.74, 6) is -1.57. The van der Waals surface area contributed by atoms with Gasteiger partial charge in [-0.3, -0.25) is 0 Å². The maximum absolute atomic E-state index is 14.1. The highest BCUT2D eigenvalue weighted by molar-refractivity contribution is 9.10. The summed E-state index contributed by atoms with van der Waals surface area (Å²) in [6, 6.07) is 1.65. The molecule has 0 saturated carbocycles. The molecule has 0 aliphatic carbocycles. The van der Waals surface area contributed by atoms with Crippen molar-refractivity contribution in [1.82, 2.24) is 9.97 Å². The Bertz CT molecular complexity index is 679. The second-order valence-corrected chi connectivity index (χ2v) is 4.93. The molecule has 2 aromatic rings. The number of esters is 1. The van der Waals surface area contributed by atoms with Gasteiger partial charge in [-0.25, -0.2) is 19.2 Å². The fourth-order valence-corrected chi connectivity index (χ4v) is 2.11. The van der Waals surface area contributed by atoms with Gasteiger partial charge in [-0.1, -0.05) is 11.6 Å². The standard InChI is InChI=1S/C12H9BrClFN2O2/c1-3-19-12(18)11-16-9-6(10(14)17-11)4-5(2)7(13)8(9)15/h4H,3H2,1-2H3. The van der Waals surface area contributed by atoms with Crippen LogP contribution in [0.1, 0.15) is 23.1 Å². The van der Waals surface area contributed by atoms with Gasteiger partial charge in [-0.2, -0.15) is 0 Å². The van der Waals surface area contributed by atoms with E-state index in [1.165, 1.54) is 0 Å². The second kappa shape index (κ2) is 5.38. The zero-order valence-electron chi connectivity index (χ0n) is 10.1. The van der Waals surface area contributed by atoms with Crippen molar-refractivity contribution in [2.24, 2.45) is 0 Å². The first-order valence-corrected chi connectivity index (χ1v) is 6.61. The number of carbonyl (C=O) groups is 1. The molecule has 0 saturated heterocycles. The number of aromatic nitrogens is 2. The van der Waals surface area contributed by atoms with E-state index in [4.69, 9.17) is 16.3 Å². The van der Waals surface area contributed by atoms with Crippen molar-refractivity contribution in [2.75, 3.05) is 6.61 Å². The van der Waals surface area contributed by atoms with Gasteiger partial charge >= 0.3 is 5.97 Å². The molecule has 1 aromatic carbocycles. The van der Waals surface area contributed by atoms with E-state index in [-0.39, 0.29) is 27.6 Å². The summed E-state index contributed by atoms with van der Waals surface area (Å²) in [5.41, 5.74) is 0.653. The van der Waals surface area contributed by atoms with Crippen LogP contribution in [0, 0.1) is 12.7 Å². The van der Waals surface area contributed by atoms with Gasteiger partial charge < -0.3 is 4.74 Å². The fourth-order valence-electron chi connectivity index (χ4n) is 1.58. The predicted molar refractivity (Wildman–Crippen MR) is 72.9 cm³/mol. The molecule has 1 aromatic heterocycles. The van der Waals surface area contributed by atoms with Crippen LogP contribution in [0.25, 0.3) is 10.9 Å². The summed E-state index contributed by atoms with van der Waals surface area (Å²) in [5, 5.41) is 0.371. The maximum Gasteiger partial charge on any atom is 0.376 e. The Morgan fingerprint density at radius 1 is 1.53 bits per heavy atom. The van der Waals surface area contributed by atoms with Crippen LogP contribution in [-0.4, -0.2) is 22.5 Å². The van der Waals surface area contributed by atoms with Gasteiger partial charge in [0, 0.05) is 5.39 Å². The average molecular weight is 348 g/mol. The van der Waals surface area contributed by atoms with Gasteiger partial charge in [-0.05, 0) is 41.4 Å². The van der Waals surface area contributed by atoms with E-state index in [0.29, 0.717) is 10.9 Å². The summed E-state index contributed by atoms with van der Waals surface area (Å²) in [7, 11) is 0. The van der Waals surface area contributed by atoms with Gasteiger partial charge in [0.1, 0.15) is 10.7 Å². The van der Waals surface area contributed by atoms with Gasteiger partial charge in [0.2, 0.25) is 5.82 Å². The molecule has 0 aliphatic rings. The molecule has 19 heavy (non-hydrogen) atoms. The Morgan fingerprint density at radius 3 is 2.84 bits per heavy atom. The van der Waals surface area contributed by atoms with Gasteiger partial charge in [0.25, 0.3) is 0 Å². The van der Waals surface area contributed by atoms with Crippen LogP contribution in [0.5, 0.6) is 0 Å². The van der Waals surface area contributed by atoms with Crippen LogP contribution < -0.4 is 0 Å². The van der Waals surface area contributed by atoms with E-state index in [0.717, 1.165) is 0 Å². The molecular weight excluding hydrogens is 338 g/mol. The van der Waals surface area contributed by atoms with Crippen molar-refractivity contribution < 1.29 is 13.9 Å². The summed E-state index contributed by atoms with van der Waals surface area (Å²) < 4.78 is 19.2. The van der Waals surface area contributed by atoms with Gasteiger partial charge in [-0.15, -0.1) is 0 Å². The Hall–Kier alpha value is -1.27. The molecule has 0 aliphatic heterocycles. The van der Waals surface area contributed by atoms with Gasteiger partial charge in [0.05, 0.1) is 11.1 Å². The molecule has 0 N–H and O–H groups in total. The normalized spacial score (nSPS) is 10.8. The largest absolute Gasteiger partial charge is 0.460 e. The lowest BCUT2D eigenvalue weighted by molar-refractivity contribution is 0.0512. The molecule has 4 nitrogen and oxygen atoms in total. The van der Waals surface area contributed by atoms with Crippen LogP contribution in [0.3, 0.4) is 0 Å². The number of carbonyl (C=O) groups excluding carboxylic acids is 1. The van der Waals surface area contributed by atoms with Crippen molar-refractivity contribution in [2.45, 2.75) is 13.8 Å². The lowest BCUT2D eigenvalue weighted by Crippen LogP contribution is -2.10. The molecular formula is C12H9BrClFN2O2. The monoisotopic (exact) mass is 346 g/mol. The molecule has 0 spiro atoms. The molecule has 0 fully saturated rings. The summed E-state index contributed by atoms with van der Waals surface area (Å²) in [6.45, 7) is 3.56. The van der Waals surface area contributed by atoms with E-state index < -0.39 is 11.8 Å². The number of hydrogen-bond donors (Lipinski definition) is 0. The highest BCUT2D eigenvalue weighted by Gasteiger charge is 2.18. The smallest absolute Gasteiger partial charge is 0.376 e. The number of nitrogens with zero attached hydrogens (tertiary/aromatic N) is 2. The van der Waals surface area contributed by atoms with Gasteiger partial charge in [0.15, 0.2) is 5.82 Å². The van der Waals surface area contributed by atoms with E-state index in [9.17, 15) is 9.18 Å². The number of ether oxygens (including phenoxy) is 1. The first-order valence-electron chi connectivity index (χ1n) is 5.44. The molecule has 100 valence electrons. The zero-order chi connectivity index (χ0) is 14.2. The number of hydrogen-bond acceptors (Lipinski definition) is 4. The molecule has 0 radical (unpaired) electrons. The minimum Gasteiger partial charge on any atom is -0.460 e. The Labute approximate surface area is 122 Å². The van der Waals surface area contributed by atoms with Crippen molar-refractivity contribution in [3.05, 3.63) is 32.9 Å². The molecule has 0 unspecified atom stereocenters. The third-order valence-electron chi connectivity index (χ3n) is 2.46. The molecule has 7 heteroatoms. The minimum atomic E-state index is -0.734. The second-order valence-electron chi connectivity index (χ2n) is 3.78. The van der Waals surface area contributed by atoms with Crippen molar-refractivity contribution >= 4 is 44.4 Å². The van der Waals surface area contributed by atoms with Crippen molar-refractivity contribution in [3.8, 4) is 0 Å². The quantitative estimate of drug-likeness (QED) is 0.614. The van der Waals surface area contributed by atoms with Crippen LogP contribution in [-0.2, 0) is 4.74 Å².